The first-order valence-electron chi connectivity index (χ1n) is 6.34. The fraction of sp³-hybridized carbons (Fsp3) is 1.00. The number of hydrogen-bond donors (Lipinski definition) is 1. The smallest absolute Gasteiger partial charge is 0.0790 e. The topological polar surface area (TPSA) is 30.5 Å². The summed E-state index contributed by atoms with van der Waals surface area (Å²) in [6, 6.07) is 0.407. The molecule has 88 valence electrons. The SMILES string of the molecule is COC1CCCCC1NOC1CCCC1. The second-order valence-electron chi connectivity index (χ2n) is 4.81. The molecule has 0 saturated heterocycles. The number of nitrogens with one attached hydrogen (secondary N) is 1. The number of ether oxygens (including phenoxy) is 1. The Morgan fingerprint density at radius 1 is 0.933 bits per heavy atom. The highest BCUT2D eigenvalue weighted by Crippen LogP contribution is 2.23. The molecular formula is C12H23NO2. The summed E-state index contributed by atoms with van der Waals surface area (Å²) in [5.41, 5.74) is 3.24. The summed E-state index contributed by atoms with van der Waals surface area (Å²) in [5.74, 6) is 0. The van der Waals surface area contributed by atoms with Gasteiger partial charge in [0.15, 0.2) is 0 Å². The van der Waals surface area contributed by atoms with E-state index in [1.165, 1.54) is 51.4 Å². The molecule has 0 aromatic rings. The van der Waals surface area contributed by atoms with Crippen LogP contribution in [0.2, 0.25) is 0 Å². The van der Waals surface area contributed by atoms with Crippen molar-refractivity contribution in [2.75, 3.05) is 7.11 Å². The third kappa shape index (κ3) is 3.16. The van der Waals surface area contributed by atoms with E-state index in [2.05, 4.69) is 5.48 Å². The van der Waals surface area contributed by atoms with Crippen LogP contribution in [0.25, 0.3) is 0 Å². The van der Waals surface area contributed by atoms with Crippen LogP contribution in [-0.4, -0.2) is 25.4 Å². The van der Waals surface area contributed by atoms with Gasteiger partial charge in [0.1, 0.15) is 0 Å². The van der Waals surface area contributed by atoms with Gasteiger partial charge >= 0.3 is 0 Å². The average molecular weight is 213 g/mol. The Labute approximate surface area is 92.5 Å². The lowest BCUT2D eigenvalue weighted by atomic mass is 9.93. The number of hydroxylamine groups is 1. The van der Waals surface area contributed by atoms with Crippen molar-refractivity contribution >= 4 is 0 Å². The molecule has 2 fully saturated rings. The fourth-order valence-corrected chi connectivity index (χ4v) is 2.70. The van der Waals surface area contributed by atoms with E-state index in [4.69, 9.17) is 9.57 Å². The van der Waals surface area contributed by atoms with Gasteiger partial charge in [0.05, 0.1) is 18.2 Å². The van der Waals surface area contributed by atoms with E-state index in [1.807, 2.05) is 0 Å². The van der Waals surface area contributed by atoms with Gasteiger partial charge in [-0.1, -0.05) is 25.7 Å². The maximum absolute atomic E-state index is 5.74. The Morgan fingerprint density at radius 3 is 2.33 bits per heavy atom. The predicted octanol–water partition coefficient (Wildman–Crippen LogP) is 2.41. The van der Waals surface area contributed by atoms with E-state index in [0.717, 1.165) is 0 Å². The zero-order valence-electron chi connectivity index (χ0n) is 9.71. The lowest BCUT2D eigenvalue weighted by Gasteiger charge is -2.31. The number of methoxy groups -OCH3 is 1. The van der Waals surface area contributed by atoms with Gasteiger partial charge in [-0.05, 0) is 25.7 Å². The van der Waals surface area contributed by atoms with Crippen molar-refractivity contribution in [3.8, 4) is 0 Å². The first kappa shape index (κ1) is 11.4. The molecule has 2 rings (SSSR count). The highest BCUT2D eigenvalue weighted by molar-refractivity contribution is 4.79. The molecule has 3 nitrogen and oxygen atoms in total. The van der Waals surface area contributed by atoms with Crippen LogP contribution in [0.3, 0.4) is 0 Å². The maximum atomic E-state index is 5.74. The van der Waals surface area contributed by atoms with Crippen LogP contribution in [0.5, 0.6) is 0 Å². The summed E-state index contributed by atoms with van der Waals surface area (Å²) in [7, 11) is 1.81. The minimum atomic E-state index is 0.347. The molecule has 2 unspecified atom stereocenters. The monoisotopic (exact) mass is 213 g/mol. The summed E-state index contributed by atoms with van der Waals surface area (Å²) in [4.78, 5) is 5.74. The number of hydrogen-bond acceptors (Lipinski definition) is 3. The lowest BCUT2D eigenvalue weighted by molar-refractivity contribution is -0.0820. The van der Waals surface area contributed by atoms with E-state index in [0.29, 0.717) is 18.2 Å². The molecule has 3 heteroatoms. The molecule has 2 aliphatic rings. The average Bonchev–Trinajstić information content (AvgIpc) is 2.79. The fourth-order valence-electron chi connectivity index (χ4n) is 2.70. The Balaban J connectivity index is 1.71. The van der Waals surface area contributed by atoms with E-state index >= 15 is 0 Å². The van der Waals surface area contributed by atoms with Gasteiger partial charge in [0, 0.05) is 7.11 Å². The summed E-state index contributed by atoms with van der Waals surface area (Å²) in [6.07, 6.45) is 10.8. The molecular weight excluding hydrogens is 190 g/mol. The summed E-state index contributed by atoms with van der Waals surface area (Å²) in [6.45, 7) is 0. The van der Waals surface area contributed by atoms with Crippen molar-refractivity contribution in [1.29, 1.82) is 0 Å². The van der Waals surface area contributed by atoms with E-state index in [1.54, 1.807) is 7.11 Å². The molecule has 0 aliphatic heterocycles. The molecule has 0 spiro atoms. The van der Waals surface area contributed by atoms with E-state index < -0.39 is 0 Å². The standard InChI is InChI=1S/C12H23NO2/c1-14-12-9-5-4-8-11(12)13-15-10-6-2-3-7-10/h10-13H,2-9H2,1H3. The van der Waals surface area contributed by atoms with Crippen molar-refractivity contribution in [2.45, 2.75) is 69.6 Å². The zero-order valence-corrected chi connectivity index (χ0v) is 9.71. The molecule has 0 bridgehead atoms. The molecule has 0 radical (unpaired) electrons. The Kier molecular flexibility index (Phi) is 4.42. The van der Waals surface area contributed by atoms with Gasteiger partial charge in [-0.2, -0.15) is 5.48 Å². The third-order valence-electron chi connectivity index (χ3n) is 3.69. The van der Waals surface area contributed by atoms with Crippen molar-refractivity contribution in [3.05, 3.63) is 0 Å². The van der Waals surface area contributed by atoms with Crippen LogP contribution < -0.4 is 5.48 Å². The van der Waals surface area contributed by atoms with Crippen LogP contribution in [0, 0.1) is 0 Å². The van der Waals surface area contributed by atoms with Gasteiger partial charge in [0.25, 0.3) is 0 Å². The minimum absolute atomic E-state index is 0.347. The molecule has 0 amide bonds. The van der Waals surface area contributed by atoms with E-state index in [9.17, 15) is 0 Å². The van der Waals surface area contributed by atoms with Gasteiger partial charge in [-0.15, -0.1) is 0 Å². The molecule has 0 heterocycles. The van der Waals surface area contributed by atoms with Crippen LogP contribution >= 0.6 is 0 Å². The van der Waals surface area contributed by atoms with Crippen molar-refractivity contribution in [3.63, 3.8) is 0 Å². The normalized spacial score (nSPS) is 33.4. The van der Waals surface area contributed by atoms with Crippen molar-refractivity contribution < 1.29 is 9.57 Å². The zero-order chi connectivity index (χ0) is 10.5. The molecule has 15 heavy (non-hydrogen) atoms. The van der Waals surface area contributed by atoms with Crippen LogP contribution in [0.1, 0.15) is 51.4 Å². The van der Waals surface area contributed by atoms with Gasteiger partial charge in [0.2, 0.25) is 0 Å². The first-order valence-corrected chi connectivity index (χ1v) is 6.34. The van der Waals surface area contributed by atoms with Gasteiger partial charge in [-0.25, -0.2) is 0 Å². The Morgan fingerprint density at radius 2 is 1.60 bits per heavy atom. The number of rotatable bonds is 4. The first-order chi connectivity index (χ1) is 7.40. The quantitative estimate of drug-likeness (QED) is 0.727. The second kappa shape index (κ2) is 5.83. The van der Waals surface area contributed by atoms with E-state index in [-0.39, 0.29) is 0 Å². The maximum Gasteiger partial charge on any atom is 0.0790 e. The van der Waals surface area contributed by atoms with Crippen molar-refractivity contribution in [2.24, 2.45) is 0 Å². The van der Waals surface area contributed by atoms with Crippen LogP contribution in [-0.2, 0) is 9.57 Å². The predicted molar refractivity (Wildman–Crippen MR) is 59.5 cm³/mol. The lowest BCUT2D eigenvalue weighted by Crippen LogP contribution is -2.44. The molecule has 0 aromatic carbocycles. The molecule has 1 N–H and O–H groups in total. The Bertz CT molecular complexity index is 180. The van der Waals surface area contributed by atoms with Crippen LogP contribution in [0.4, 0.5) is 0 Å². The van der Waals surface area contributed by atoms with Crippen LogP contribution in [0.15, 0.2) is 0 Å². The third-order valence-corrected chi connectivity index (χ3v) is 3.69. The largest absolute Gasteiger partial charge is 0.380 e. The van der Waals surface area contributed by atoms with Gasteiger partial charge < -0.3 is 4.74 Å². The molecule has 2 atom stereocenters. The minimum Gasteiger partial charge on any atom is -0.380 e. The van der Waals surface area contributed by atoms with Gasteiger partial charge in [-0.3, -0.25) is 4.84 Å². The highest BCUT2D eigenvalue weighted by atomic mass is 16.7. The molecule has 0 aromatic heterocycles. The summed E-state index contributed by atoms with van der Waals surface area (Å²) < 4.78 is 5.48. The van der Waals surface area contributed by atoms with Crippen molar-refractivity contribution in [1.82, 2.24) is 5.48 Å². The highest BCUT2D eigenvalue weighted by Gasteiger charge is 2.26. The molecule has 2 saturated carbocycles. The summed E-state index contributed by atoms with van der Waals surface area (Å²) >= 11 is 0. The Hall–Kier alpha value is -0.120. The molecule has 2 aliphatic carbocycles. The summed E-state index contributed by atoms with van der Waals surface area (Å²) in [5, 5.41) is 0. The second-order valence-corrected chi connectivity index (χ2v) is 4.81.